The lowest BCUT2D eigenvalue weighted by molar-refractivity contribution is 0.297. The Balaban J connectivity index is 1.77. The molecule has 0 fully saturated rings. The summed E-state index contributed by atoms with van der Waals surface area (Å²) in [5.41, 5.74) is 0.992. The highest BCUT2D eigenvalue weighted by Crippen LogP contribution is 2.38. The average molecular weight is 292 g/mol. The van der Waals surface area contributed by atoms with Gasteiger partial charge in [0.1, 0.15) is 0 Å². The Labute approximate surface area is 121 Å². The highest BCUT2D eigenvalue weighted by Gasteiger charge is 2.15. The van der Waals surface area contributed by atoms with Crippen LogP contribution in [0.4, 0.5) is 5.95 Å². The Kier molecular flexibility index (Phi) is 3.87. The number of fused-ring (bicyclic) bond motifs is 1. The maximum Gasteiger partial charge on any atom is 0.222 e. The Bertz CT molecular complexity index is 592. The number of hydrogen-bond acceptors (Lipinski definition) is 5. The van der Waals surface area contributed by atoms with E-state index in [0.717, 1.165) is 12.0 Å². The minimum atomic E-state index is 0.565. The maximum atomic E-state index is 6.24. The van der Waals surface area contributed by atoms with Gasteiger partial charge >= 0.3 is 0 Å². The summed E-state index contributed by atoms with van der Waals surface area (Å²) in [7, 11) is 0. The third-order valence-corrected chi connectivity index (χ3v) is 3.16. The lowest BCUT2D eigenvalue weighted by Gasteiger charge is -2.12. The van der Waals surface area contributed by atoms with Crippen LogP contribution in [0.15, 0.2) is 30.6 Å². The predicted octanol–water partition coefficient (Wildman–Crippen LogP) is 2.90. The zero-order valence-corrected chi connectivity index (χ0v) is 11.6. The molecule has 0 radical (unpaired) electrons. The van der Waals surface area contributed by atoms with Crippen LogP contribution in [0.1, 0.15) is 12.0 Å². The van der Waals surface area contributed by atoms with Gasteiger partial charge < -0.3 is 14.8 Å². The van der Waals surface area contributed by atoms with Gasteiger partial charge in [0.25, 0.3) is 0 Å². The Morgan fingerprint density at radius 2 is 1.95 bits per heavy atom. The highest BCUT2D eigenvalue weighted by molar-refractivity contribution is 6.32. The van der Waals surface area contributed by atoms with Crippen LogP contribution in [0.2, 0.25) is 5.02 Å². The van der Waals surface area contributed by atoms with Crippen molar-refractivity contribution in [2.45, 2.75) is 13.0 Å². The van der Waals surface area contributed by atoms with Crippen LogP contribution in [0.3, 0.4) is 0 Å². The van der Waals surface area contributed by atoms with Gasteiger partial charge in [0.2, 0.25) is 5.95 Å². The number of halogens is 1. The molecule has 0 saturated heterocycles. The molecule has 2 heterocycles. The van der Waals surface area contributed by atoms with Gasteiger partial charge in [0.05, 0.1) is 18.2 Å². The molecule has 0 amide bonds. The number of rotatable bonds is 3. The normalized spacial score (nSPS) is 13.7. The molecule has 0 atom stereocenters. The molecule has 1 aliphatic heterocycles. The number of anilines is 1. The van der Waals surface area contributed by atoms with E-state index in [1.54, 1.807) is 18.5 Å². The summed E-state index contributed by atoms with van der Waals surface area (Å²) < 4.78 is 11.2. The second-order valence-corrected chi connectivity index (χ2v) is 4.79. The van der Waals surface area contributed by atoms with Gasteiger partial charge in [0, 0.05) is 25.4 Å². The lowest BCUT2D eigenvalue weighted by Crippen LogP contribution is -2.03. The number of hydrogen-bond donors (Lipinski definition) is 1. The van der Waals surface area contributed by atoms with Crippen LogP contribution in [-0.2, 0) is 6.54 Å². The monoisotopic (exact) mass is 291 g/mol. The molecule has 0 spiro atoms. The molecule has 2 aromatic rings. The topological polar surface area (TPSA) is 56.3 Å². The van der Waals surface area contributed by atoms with Crippen LogP contribution in [0, 0.1) is 0 Å². The third kappa shape index (κ3) is 2.93. The standard InChI is InChI=1S/C14H14ClN3O2/c15-11-7-10(9-18-14-16-3-1-4-17-14)8-12-13(11)20-6-2-5-19-12/h1,3-4,7-8H,2,5-6,9H2,(H,16,17,18). The SMILES string of the molecule is Clc1cc(CNc2ncccn2)cc2c1OCCCO2. The van der Waals surface area contributed by atoms with E-state index in [1.165, 1.54) is 0 Å². The molecule has 104 valence electrons. The van der Waals surface area contributed by atoms with Crippen LogP contribution in [0.25, 0.3) is 0 Å². The Morgan fingerprint density at radius 1 is 1.15 bits per heavy atom. The van der Waals surface area contributed by atoms with E-state index < -0.39 is 0 Å². The van der Waals surface area contributed by atoms with Crippen molar-refractivity contribution in [2.24, 2.45) is 0 Å². The fraction of sp³-hybridized carbons (Fsp3) is 0.286. The molecule has 3 rings (SSSR count). The molecule has 1 aromatic carbocycles. The number of nitrogens with zero attached hydrogens (tertiary/aromatic N) is 2. The average Bonchev–Trinajstić information content (AvgIpc) is 2.72. The van der Waals surface area contributed by atoms with Crippen molar-refractivity contribution < 1.29 is 9.47 Å². The van der Waals surface area contributed by atoms with Crippen molar-refractivity contribution in [3.05, 3.63) is 41.2 Å². The largest absolute Gasteiger partial charge is 0.489 e. The fourth-order valence-electron chi connectivity index (χ4n) is 1.96. The first-order valence-electron chi connectivity index (χ1n) is 6.42. The van der Waals surface area contributed by atoms with Crippen molar-refractivity contribution in [3.63, 3.8) is 0 Å². The number of nitrogens with one attached hydrogen (secondary N) is 1. The van der Waals surface area contributed by atoms with Crippen molar-refractivity contribution in [2.75, 3.05) is 18.5 Å². The Morgan fingerprint density at radius 3 is 2.80 bits per heavy atom. The zero-order chi connectivity index (χ0) is 13.8. The van der Waals surface area contributed by atoms with Crippen molar-refractivity contribution >= 4 is 17.5 Å². The summed E-state index contributed by atoms with van der Waals surface area (Å²) in [5, 5.41) is 3.70. The van der Waals surface area contributed by atoms with E-state index in [-0.39, 0.29) is 0 Å². The maximum absolute atomic E-state index is 6.24. The molecule has 6 heteroatoms. The molecular weight excluding hydrogens is 278 g/mol. The first-order chi connectivity index (χ1) is 9.83. The van der Waals surface area contributed by atoms with Gasteiger partial charge in [-0.2, -0.15) is 0 Å². The zero-order valence-electron chi connectivity index (χ0n) is 10.8. The molecule has 0 unspecified atom stereocenters. The van der Waals surface area contributed by atoms with Crippen LogP contribution in [-0.4, -0.2) is 23.2 Å². The molecule has 0 aliphatic carbocycles. The Hall–Kier alpha value is -2.01. The van der Waals surface area contributed by atoms with E-state index in [2.05, 4.69) is 15.3 Å². The van der Waals surface area contributed by atoms with Gasteiger partial charge in [-0.15, -0.1) is 0 Å². The summed E-state index contributed by atoms with van der Waals surface area (Å²) in [6.07, 6.45) is 4.24. The molecule has 0 bridgehead atoms. The molecule has 0 saturated carbocycles. The molecule has 20 heavy (non-hydrogen) atoms. The molecular formula is C14H14ClN3O2. The van der Waals surface area contributed by atoms with E-state index >= 15 is 0 Å². The van der Waals surface area contributed by atoms with Gasteiger partial charge in [-0.05, 0) is 23.8 Å². The lowest BCUT2D eigenvalue weighted by atomic mass is 10.2. The molecule has 1 N–H and O–H groups in total. The van der Waals surface area contributed by atoms with Gasteiger partial charge in [-0.25, -0.2) is 9.97 Å². The number of aromatic nitrogens is 2. The summed E-state index contributed by atoms with van der Waals surface area (Å²) in [6, 6.07) is 5.57. The van der Waals surface area contributed by atoms with Crippen LogP contribution >= 0.6 is 11.6 Å². The first kappa shape index (κ1) is 13.0. The molecule has 1 aromatic heterocycles. The van der Waals surface area contributed by atoms with Crippen LogP contribution in [0.5, 0.6) is 11.5 Å². The van der Waals surface area contributed by atoms with Crippen molar-refractivity contribution in [3.8, 4) is 11.5 Å². The van der Waals surface area contributed by atoms with E-state index in [1.807, 2.05) is 12.1 Å². The quantitative estimate of drug-likeness (QED) is 0.942. The smallest absolute Gasteiger partial charge is 0.222 e. The van der Waals surface area contributed by atoms with E-state index in [9.17, 15) is 0 Å². The second-order valence-electron chi connectivity index (χ2n) is 4.38. The van der Waals surface area contributed by atoms with E-state index in [4.69, 9.17) is 21.1 Å². The predicted molar refractivity (Wildman–Crippen MR) is 76.4 cm³/mol. The second kappa shape index (κ2) is 5.96. The molecule has 5 nitrogen and oxygen atoms in total. The summed E-state index contributed by atoms with van der Waals surface area (Å²) in [4.78, 5) is 8.22. The molecule has 1 aliphatic rings. The minimum absolute atomic E-state index is 0.565. The summed E-state index contributed by atoms with van der Waals surface area (Å²) in [5.74, 6) is 1.90. The van der Waals surface area contributed by atoms with Gasteiger partial charge in [-0.1, -0.05) is 11.6 Å². The van der Waals surface area contributed by atoms with Crippen LogP contribution < -0.4 is 14.8 Å². The summed E-state index contributed by atoms with van der Waals surface area (Å²) >= 11 is 6.24. The van der Waals surface area contributed by atoms with Gasteiger partial charge in [0.15, 0.2) is 11.5 Å². The highest BCUT2D eigenvalue weighted by atomic mass is 35.5. The summed E-state index contributed by atoms with van der Waals surface area (Å²) in [6.45, 7) is 1.84. The fourth-order valence-corrected chi connectivity index (χ4v) is 2.25. The third-order valence-electron chi connectivity index (χ3n) is 2.88. The van der Waals surface area contributed by atoms with Crippen molar-refractivity contribution in [1.82, 2.24) is 9.97 Å². The van der Waals surface area contributed by atoms with Crippen molar-refractivity contribution in [1.29, 1.82) is 0 Å². The first-order valence-corrected chi connectivity index (χ1v) is 6.79. The van der Waals surface area contributed by atoms with E-state index in [0.29, 0.717) is 42.2 Å². The van der Waals surface area contributed by atoms with Gasteiger partial charge in [-0.3, -0.25) is 0 Å². The number of benzene rings is 1. The minimum Gasteiger partial charge on any atom is -0.489 e. The number of ether oxygens (including phenoxy) is 2.